The van der Waals surface area contributed by atoms with Crippen LogP contribution in [-0.4, -0.2) is 16.6 Å². The summed E-state index contributed by atoms with van der Waals surface area (Å²) in [5, 5.41) is 3.21. The van der Waals surface area contributed by atoms with Crippen LogP contribution in [0.25, 0.3) is 0 Å². The molecule has 1 aromatic rings. The third-order valence-electron chi connectivity index (χ3n) is 3.73. The summed E-state index contributed by atoms with van der Waals surface area (Å²) in [7, 11) is 1.99. The number of aromatic nitrogens is 2. The molecule has 1 heterocycles. The molecule has 3 nitrogen and oxygen atoms in total. The normalized spacial score (nSPS) is 11.1. The van der Waals surface area contributed by atoms with E-state index >= 15 is 0 Å². The average Bonchev–Trinajstić information content (AvgIpc) is 2.75. The Labute approximate surface area is 118 Å². The summed E-state index contributed by atoms with van der Waals surface area (Å²) in [6, 6.07) is 0. The van der Waals surface area contributed by atoms with E-state index in [-0.39, 0.29) is 0 Å². The van der Waals surface area contributed by atoms with Crippen molar-refractivity contribution in [3.63, 3.8) is 0 Å². The fourth-order valence-corrected chi connectivity index (χ4v) is 2.55. The zero-order valence-electron chi connectivity index (χ0n) is 13.0. The number of unbranched alkanes of at least 4 members (excludes halogenated alkanes) is 7. The number of hydrogen-bond acceptors (Lipinski definition) is 2. The first-order chi connectivity index (χ1) is 9.29. The van der Waals surface area contributed by atoms with Gasteiger partial charge < -0.3 is 9.88 Å². The Morgan fingerprint density at radius 1 is 1.05 bits per heavy atom. The number of aryl methyl sites for hydroxylation is 1. The van der Waals surface area contributed by atoms with Crippen LogP contribution in [0.2, 0.25) is 0 Å². The van der Waals surface area contributed by atoms with Gasteiger partial charge in [0.15, 0.2) is 0 Å². The second kappa shape index (κ2) is 10.0. The van der Waals surface area contributed by atoms with Crippen molar-refractivity contribution < 1.29 is 0 Å². The van der Waals surface area contributed by atoms with Crippen molar-refractivity contribution in [3.8, 4) is 0 Å². The van der Waals surface area contributed by atoms with Gasteiger partial charge in [0.05, 0.1) is 5.69 Å². The quantitative estimate of drug-likeness (QED) is 0.612. The van der Waals surface area contributed by atoms with Crippen LogP contribution in [0.1, 0.15) is 69.8 Å². The molecule has 0 spiro atoms. The molecule has 3 heteroatoms. The molecule has 19 heavy (non-hydrogen) atoms. The van der Waals surface area contributed by atoms with Crippen molar-refractivity contribution >= 4 is 0 Å². The van der Waals surface area contributed by atoms with Crippen LogP contribution in [0.15, 0.2) is 6.20 Å². The Balaban J connectivity index is 2.13. The maximum absolute atomic E-state index is 4.41. The Morgan fingerprint density at radius 2 is 1.68 bits per heavy atom. The molecule has 0 aromatic carbocycles. The van der Waals surface area contributed by atoms with E-state index < -0.39 is 0 Å². The highest BCUT2D eigenvalue weighted by molar-refractivity contribution is 5.04. The van der Waals surface area contributed by atoms with E-state index in [1.54, 1.807) is 0 Å². The van der Waals surface area contributed by atoms with Crippen molar-refractivity contribution in [2.45, 2.75) is 78.3 Å². The van der Waals surface area contributed by atoms with E-state index in [0.717, 1.165) is 18.9 Å². The molecule has 110 valence electrons. The van der Waals surface area contributed by atoms with Gasteiger partial charge in [-0.2, -0.15) is 0 Å². The lowest BCUT2D eigenvalue weighted by molar-refractivity contribution is 0.528. The minimum atomic E-state index is 0.915. The first kappa shape index (κ1) is 16.2. The van der Waals surface area contributed by atoms with Crippen LogP contribution < -0.4 is 5.32 Å². The molecule has 1 N–H and O–H groups in total. The van der Waals surface area contributed by atoms with E-state index in [1.807, 2.05) is 13.2 Å². The molecule has 1 aromatic heterocycles. The maximum atomic E-state index is 4.41. The van der Waals surface area contributed by atoms with Gasteiger partial charge in [-0.1, -0.05) is 51.9 Å². The van der Waals surface area contributed by atoms with Gasteiger partial charge in [-0.25, -0.2) is 4.98 Å². The molecular formula is C16H31N3. The SMILES string of the molecule is CCCCCCCCCCn1c(CNC)cnc1C. The minimum absolute atomic E-state index is 0.915. The summed E-state index contributed by atoms with van der Waals surface area (Å²) in [6.07, 6.45) is 13.0. The van der Waals surface area contributed by atoms with Crippen LogP contribution in [-0.2, 0) is 13.1 Å². The number of hydrogen-bond donors (Lipinski definition) is 1. The molecule has 0 aliphatic heterocycles. The largest absolute Gasteiger partial charge is 0.331 e. The maximum Gasteiger partial charge on any atom is 0.105 e. The van der Waals surface area contributed by atoms with Gasteiger partial charge in [-0.05, 0) is 20.4 Å². The standard InChI is InChI=1S/C16H31N3/c1-4-5-6-7-8-9-10-11-12-19-15(2)18-14-16(19)13-17-3/h14,17H,4-13H2,1-3H3. The Kier molecular flexibility index (Phi) is 8.55. The van der Waals surface area contributed by atoms with E-state index in [0.29, 0.717) is 0 Å². The Bertz CT molecular complexity index is 331. The van der Waals surface area contributed by atoms with Crippen LogP contribution in [0, 0.1) is 6.92 Å². The topological polar surface area (TPSA) is 29.9 Å². The van der Waals surface area contributed by atoms with Crippen molar-refractivity contribution in [1.29, 1.82) is 0 Å². The van der Waals surface area contributed by atoms with Crippen molar-refractivity contribution in [2.24, 2.45) is 0 Å². The fraction of sp³-hybridized carbons (Fsp3) is 0.812. The predicted molar refractivity (Wildman–Crippen MR) is 82.3 cm³/mol. The third kappa shape index (κ3) is 6.24. The van der Waals surface area contributed by atoms with Gasteiger partial charge in [0.25, 0.3) is 0 Å². The van der Waals surface area contributed by atoms with Gasteiger partial charge in [-0.3, -0.25) is 0 Å². The summed E-state index contributed by atoms with van der Waals surface area (Å²) in [4.78, 5) is 4.41. The summed E-state index contributed by atoms with van der Waals surface area (Å²) in [5.41, 5.74) is 1.31. The highest BCUT2D eigenvalue weighted by Crippen LogP contribution is 2.11. The number of nitrogens with one attached hydrogen (secondary N) is 1. The van der Waals surface area contributed by atoms with Crippen LogP contribution in [0.4, 0.5) is 0 Å². The van der Waals surface area contributed by atoms with Gasteiger partial charge in [0, 0.05) is 19.3 Å². The van der Waals surface area contributed by atoms with E-state index in [4.69, 9.17) is 0 Å². The first-order valence-electron chi connectivity index (χ1n) is 7.95. The molecule has 0 radical (unpaired) electrons. The average molecular weight is 265 g/mol. The molecule has 0 aliphatic carbocycles. The second-order valence-corrected chi connectivity index (χ2v) is 5.45. The van der Waals surface area contributed by atoms with Gasteiger partial charge in [0.1, 0.15) is 5.82 Å². The lowest BCUT2D eigenvalue weighted by Crippen LogP contribution is -2.12. The molecule has 0 unspecified atom stereocenters. The Morgan fingerprint density at radius 3 is 2.32 bits per heavy atom. The summed E-state index contributed by atoms with van der Waals surface area (Å²) < 4.78 is 2.35. The van der Waals surface area contributed by atoms with Crippen molar-refractivity contribution in [1.82, 2.24) is 14.9 Å². The van der Waals surface area contributed by atoms with Gasteiger partial charge >= 0.3 is 0 Å². The predicted octanol–water partition coefficient (Wildman–Crippen LogP) is 4.05. The summed E-state index contributed by atoms with van der Waals surface area (Å²) in [6.45, 7) is 6.41. The summed E-state index contributed by atoms with van der Waals surface area (Å²) >= 11 is 0. The van der Waals surface area contributed by atoms with Gasteiger partial charge in [-0.15, -0.1) is 0 Å². The Hall–Kier alpha value is -0.830. The monoisotopic (exact) mass is 265 g/mol. The lowest BCUT2D eigenvalue weighted by atomic mass is 10.1. The zero-order valence-corrected chi connectivity index (χ0v) is 13.0. The number of imidazole rings is 1. The molecule has 0 fully saturated rings. The molecule has 1 rings (SSSR count). The van der Waals surface area contributed by atoms with Crippen LogP contribution >= 0.6 is 0 Å². The number of nitrogens with zero attached hydrogens (tertiary/aromatic N) is 2. The highest BCUT2D eigenvalue weighted by Gasteiger charge is 2.04. The van der Waals surface area contributed by atoms with E-state index in [9.17, 15) is 0 Å². The molecule has 0 aliphatic rings. The van der Waals surface area contributed by atoms with Crippen LogP contribution in [0.5, 0.6) is 0 Å². The zero-order chi connectivity index (χ0) is 13.9. The molecule has 0 atom stereocenters. The third-order valence-corrected chi connectivity index (χ3v) is 3.73. The number of rotatable bonds is 11. The van der Waals surface area contributed by atoms with Crippen LogP contribution in [0.3, 0.4) is 0 Å². The molecule has 0 saturated heterocycles. The molecule has 0 bridgehead atoms. The molecular weight excluding hydrogens is 234 g/mol. The van der Waals surface area contributed by atoms with Crippen molar-refractivity contribution in [3.05, 3.63) is 17.7 Å². The second-order valence-electron chi connectivity index (χ2n) is 5.45. The minimum Gasteiger partial charge on any atom is -0.331 e. The first-order valence-corrected chi connectivity index (χ1v) is 7.95. The van der Waals surface area contributed by atoms with E-state index in [2.05, 4.69) is 28.7 Å². The fourth-order valence-electron chi connectivity index (χ4n) is 2.55. The molecule has 0 amide bonds. The van der Waals surface area contributed by atoms with Crippen molar-refractivity contribution in [2.75, 3.05) is 7.05 Å². The van der Waals surface area contributed by atoms with Gasteiger partial charge in [0.2, 0.25) is 0 Å². The smallest absolute Gasteiger partial charge is 0.105 e. The van der Waals surface area contributed by atoms with E-state index in [1.165, 1.54) is 57.1 Å². The summed E-state index contributed by atoms with van der Waals surface area (Å²) in [5.74, 6) is 1.15. The molecule has 0 saturated carbocycles. The highest BCUT2D eigenvalue weighted by atomic mass is 15.1. The lowest BCUT2D eigenvalue weighted by Gasteiger charge is -2.10.